The van der Waals surface area contributed by atoms with E-state index >= 15 is 0 Å². The first-order valence-corrected chi connectivity index (χ1v) is 11.3. The first kappa shape index (κ1) is 22.1. The number of alkyl halides is 3. The minimum Gasteiger partial charge on any atom is -0.497 e. The van der Waals surface area contributed by atoms with Crippen molar-refractivity contribution in [2.24, 2.45) is 0 Å². The molecule has 0 aliphatic rings. The van der Waals surface area contributed by atoms with Gasteiger partial charge in [-0.25, -0.2) is 4.98 Å². The average Bonchev–Trinajstić information content (AvgIpc) is 3.22. The standard InChI is InChI=1S/C25H18F3N3O2S/c1-33-18-11-9-17(10-12-18)31-23(32)22-21(19-7-2-3-8-20(19)29-22)30-24(31)34-14-15-5-4-6-16(13-15)25(26,27)28/h2-13,29H,14H2,1H3. The predicted molar refractivity (Wildman–Crippen MR) is 127 cm³/mol. The van der Waals surface area contributed by atoms with Crippen molar-refractivity contribution in [2.75, 3.05) is 7.11 Å². The van der Waals surface area contributed by atoms with Crippen LogP contribution in [0, 0.1) is 0 Å². The normalized spacial score (nSPS) is 11.9. The fourth-order valence-corrected chi connectivity index (χ4v) is 4.73. The zero-order valence-electron chi connectivity index (χ0n) is 17.9. The molecule has 1 N–H and O–H groups in total. The molecule has 9 heteroatoms. The molecule has 5 nitrogen and oxygen atoms in total. The monoisotopic (exact) mass is 481 g/mol. The second kappa shape index (κ2) is 8.57. The summed E-state index contributed by atoms with van der Waals surface area (Å²) >= 11 is 1.20. The van der Waals surface area contributed by atoms with E-state index in [-0.39, 0.29) is 11.3 Å². The Morgan fingerprint density at radius 2 is 1.79 bits per heavy atom. The third-order valence-electron chi connectivity index (χ3n) is 5.45. The van der Waals surface area contributed by atoms with Crippen LogP contribution in [0.1, 0.15) is 11.1 Å². The van der Waals surface area contributed by atoms with Gasteiger partial charge < -0.3 is 9.72 Å². The van der Waals surface area contributed by atoms with Crippen molar-refractivity contribution in [2.45, 2.75) is 17.1 Å². The Labute approximate surface area is 196 Å². The van der Waals surface area contributed by atoms with Gasteiger partial charge in [0, 0.05) is 16.7 Å². The summed E-state index contributed by atoms with van der Waals surface area (Å²) in [5.41, 5.74) is 1.72. The molecule has 34 heavy (non-hydrogen) atoms. The minimum absolute atomic E-state index is 0.209. The van der Waals surface area contributed by atoms with E-state index in [0.717, 1.165) is 23.0 Å². The number of ether oxygens (including phenoxy) is 1. The summed E-state index contributed by atoms with van der Waals surface area (Å²) in [5.74, 6) is 0.843. The first-order chi connectivity index (χ1) is 16.3. The zero-order chi connectivity index (χ0) is 23.9. The number of methoxy groups -OCH3 is 1. The van der Waals surface area contributed by atoms with E-state index in [1.807, 2.05) is 24.3 Å². The lowest BCUT2D eigenvalue weighted by Crippen LogP contribution is -2.21. The van der Waals surface area contributed by atoms with Crippen molar-refractivity contribution < 1.29 is 17.9 Å². The van der Waals surface area contributed by atoms with Crippen LogP contribution in [0.3, 0.4) is 0 Å². The Morgan fingerprint density at radius 1 is 1.03 bits per heavy atom. The van der Waals surface area contributed by atoms with Crippen molar-refractivity contribution >= 4 is 33.7 Å². The lowest BCUT2D eigenvalue weighted by Gasteiger charge is -2.13. The Bertz CT molecular complexity index is 1560. The minimum atomic E-state index is -4.42. The number of hydrogen-bond acceptors (Lipinski definition) is 4. The highest BCUT2D eigenvalue weighted by molar-refractivity contribution is 7.98. The maximum atomic E-state index is 13.6. The Hall–Kier alpha value is -3.72. The zero-order valence-corrected chi connectivity index (χ0v) is 18.7. The molecule has 0 atom stereocenters. The number of para-hydroxylation sites is 1. The molecular formula is C25H18F3N3O2S. The van der Waals surface area contributed by atoms with Crippen LogP contribution in [0.4, 0.5) is 13.2 Å². The van der Waals surface area contributed by atoms with Crippen LogP contribution in [0.5, 0.6) is 5.75 Å². The lowest BCUT2D eigenvalue weighted by molar-refractivity contribution is -0.137. The van der Waals surface area contributed by atoms with Crippen molar-refractivity contribution in [1.82, 2.24) is 14.5 Å². The SMILES string of the molecule is COc1ccc(-n2c(SCc3cccc(C(F)(F)F)c3)nc3c([nH]c4ccccc43)c2=O)cc1. The highest BCUT2D eigenvalue weighted by atomic mass is 32.2. The van der Waals surface area contributed by atoms with E-state index in [2.05, 4.69) is 4.98 Å². The molecule has 3 aromatic carbocycles. The van der Waals surface area contributed by atoms with Gasteiger partial charge in [0.1, 0.15) is 16.8 Å². The van der Waals surface area contributed by atoms with Crippen LogP contribution in [0.2, 0.25) is 0 Å². The van der Waals surface area contributed by atoms with E-state index < -0.39 is 11.7 Å². The van der Waals surface area contributed by atoms with Gasteiger partial charge in [-0.2, -0.15) is 13.2 Å². The molecule has 0 radical (unpaired) electrons. The van der Waals surface area contributed by atoms with Crippen LogP contribution >= 0.6 is 11.8 Å². The number of benzene rings is 3. The Balaban J connectivity index is 1.64. The van der Waals surface area contributed by atoms with Gasteiger partial charge in [0.25, 0.3) is 5.56 Å². The van der Waals surface area contributed by atoms with E-state index in [4.69, 9.17) is 9.72 Å². The molecule has 0 fully saturated rings. The number of aromatic nitrogens is 3. The van der Waals surface area contributed by atoms with Crippen LogP contribution < -0.4 is 10.3 Å². The van der Waals surface area contributed by atoms with Crippen molar-refractivity contribution in [3.05, 3.63) is 94.3 Å². The van der Waals surface area contributed by atoms with Gasteiger partial charge in [-0.05, 0) is 42.0 Å². The summed E-state index contributed by atoms with van der Waals surface area (Å²) in [6, 6.07) is 19.6. The van der Waals surface area contributed by atoms with Crippen LogP contribution in [0.15, 0.2) is 82.7 Å². The number of rotatable bonds is 5. The molecule has 0 spiro atoms. The second-order valence-electron chi connectivity index (χ2n) is 7.61. The number of halogens is 3. The molecule has 2 aromatic heterocycles. The fraction of sp³-hybridized carbons (Fsp3) is 0.120. The van der Waals surface area contributed by atoms with Gasteiger partial charge in [0.2, 0.25) is 0 Å². The maximum Gasteiger partial charge on any atom is 0.416 e. The molecule has 0 unspecified atom stereocenters. The van der Waals surface area contributed by atoms with E-state index in [0.29, 0.717) is 33.2 Å². The van der Waals surface area contributed by atoms with E-state index in [1.54, 1.807) is 37.4 Å². The number of H-pyrrole nitrogens is 1. The molecular weight excluding hydrogens is 463 g/mol. The van der Waals surface area contributed by atoms with Crippen molar-refractivity contribution in [1.29, 1.82) is 0 Å². The number of hydrogen-bond donors (Lipinski definition) is 1. The van der Waals surface area contributed by atoms with E-state index in [9.17, 15) is 18.0 Å². The van der Waals surface area contributed by atoms with Crippen LogP contribution in [0.25, 0.3) is 27.6 Å². The summed E-state index contributed by atoms with van der Waals surface area (Å²) in [6.45, 7) is 0. The molecule has 0 aliphatic carbocycles. The number of aromatic amines is 1. The molecule has 0 aliphatic heterocycles. The summed E-state index contributed by atoms with van der Waals surface area (Å²) in [5, 5.41) is 1.18. The highest BCUT2D eigenvalue weighted by Crippen LogP contribution is 2.32. The van der Waals surface area contributed by atoms with Gasteiger partial charge >= 0.3 is 6.18 Å². The fourth-order valence-electron chi connectivity index (χ4n) is 3.78. The largest absolute Gasteiger partial charge is 0.497 e. The number of nitrogens with zero attached hydrogens (tertiary/aromatic N) is 2. The van der Waals surface area contributed by atoms with Crippen LogP contribution in [-0.2, 0) is 11.9 Å². The summed E-state index contributed by atoms with van der Waals surface area (Å²) < 4.78 is 46.1. The molecule has 5 rings (SSSR count). The third kappa shape index (κ3) is 4.03. The molecule has 5 aromatic rings. The maximum absolute atomic E-state index is 13.6. The van der Waals surface area contributed by atoms with Crippen molar-refractivity contribution in [3.8, 4) is 11.4 Å². The van der Waals surface area contributed by atoms with Gasteiger partial charge in [-0.15, -0.1) is 0 Å². The number of fused-ring (bicyclic) bond motifs is 3. The van der Waals surface area contributed by atoms with Gasteiger partial charge in [0.15, 0.2) is 5.16 Å². The topological polar surface area (TPSA) is 59.9 Å². The van der Waals surface area contributed by atoms with Crippen LogP contribution in [-0.4, -0.2) is 21.6 Å². The van der Waals surface area contributed by atoms with E-state index in [1.165, 1.54) is 22.4 Å². The highest BCUT2D eigenvalue weighted by Gasteiger charge is 2.30. The predicted octanol–water partition coefficient (Wildman–Crippen LogP) is 6.19. The lowest BCUT2D eigenvalue weighted by atomic mass is 10.1. The summed E-state index contributed by atoms with van der Waals surface area (Å²) in [4.78, 5) is 21.5. The Morgan fingerprint density at radius 3 is 2.53 bits per heavy atom. The molecule has 0 saturated carbocycles. The average molecular weight is 481 g/mol. The van der Waals surface area contributed by atoms with Gasteiger partial charge in [-0.3, -0.25) is 9.36 Å². The molecule has 0 saturated heterocycles. The summed E-state index contributed by atoms with van der Waals surface area (Å²) in [6.07, 6.45) is -4.42. The first-order valence-electron chi connectivity index (χ1n) is 10.3. The third-order valence-corrected chi connectivity index (χ3v) is 6.46. The molecule has 172 valence electrons. The van der Waals surface area contributed by atoms with Gasteiger partial charge in [-0.1, -0.05) is 48.2 Å². The molecule has 0 bridgehead atoms. The number of thioether (sulfide) groups is 1. The summed E-state index contributed by atoms with van der Waals surface area (Å²) in [7, 11) is 1.55. The molecule has 0 amide bonds. The smallest absolute Gasteiger partial charge is 0.416 e. The number of nitrogens with one attached hydrogen (secondary N) is 1. The quantitative estimate of drug-likeness (QED) is 0.240. The molecule has 2 heterocycles. The van der Waals surface area contributed by atoms with Crippen molar-refractivity contribution in [3.63, 3.8) is 0 Å². The Kier molecular flexibility index (Phi) is 5.57. The second-order valence-corrected chi connectivity index (χ2v) is 8.56. The van der Waals surface area contributed by atoms with Gasteiger partial charge in [0.05, 0.1) is 18.4 Å².